The molecule has 160 valence electrons. The molecule has 1 atom stereocenters. The van der Waals surface area contributed by atoms with E-state index in [1.807, 2.05) is 12.1 Å². The number of ether oxygens (including phenoxy) is 3. The molecule has 1 amide bonds. The van der Waals surface area contributed by atoms with Crippen LogP contribution >= 0.6 is 0 Å². The fourth-order valence-electron chi connectivity index (χ4n) is 4.48. The largest absolute Gasteiger partial charge is 0.497 e. The average Bonchev–Trinajstić information content (AvgIpc) is 3.32. The van der Waals surface area contributed by atoms with Gasteiger partial charge in [0.25, 0.3) is 0 Å². The number of carbonyl (C=O) groups is 1. The summed E-state index contributed by atoms with van der Waals surface area (Å²) in [6.45, 7) is 2.67. The van der Waals surface area contributed by atoms with Crippen LogP contribution in [0.25, 0.3) is 11.1 Å². The molecule has 0 bridgehead atoms. The quantitative estimate of drug-likeness (QED) is 0.751. The number of nitrogens with one attached hydrogen (secondary N) is 1. The number of amides is 1. The molecule has 2 aromatic carbocycles. The molecule has 2 heterocycles. The number of carbonyl (C=O) groups excluding carboxylic acids is 1. The summed E-state index contributed by atoms with van der Waals surface area (Å²) in [6.07, 6.45) is 4.48. The van der Waals surface area contributed by atoms with E-state index in [4.69, 9.17) is 14.2 Å². The Morgan fingerprint density at radius 1 is 1.10 bits per heavy atom. The van der Waals surface area contributed by atoms with Gasteiger partial charge in [-0.2, -0.15) is 0 Å². The first-order valence-electron chi connectivity index (χ1n) is 10.9. The molecule has 2 aromatic rings. The van der Waals surface area contributed by atoms with Gasteiger partial charge in [0.05, 0.1) is 18.6 Å². The predicted octanol–water partition coefficient (Wildman–Crippen LogP) is 4.00. The Labute approximate surface area is 178 Å². The molecule has 0 aromatic heterocycles. The maximum absolute atomic E-state index is 13.3. The van der Waals surface area contributed by atoms with Crippen molar-refractivity contribution in [2.75, 3.05) is 33.5 Å². The van der Waals surface area contributed by atoms with Crippen molar-refractivity contribution in [1.82, 2.24) is 5.32 Å². The monoisotopic (exact) mass is 409 g/mol. The summed E-state index contributed by atoms with van der Waals surface area (Å²) >= 11 is 0. The summed E-state index contributed by atoms with van der Waals surface area (Å²) in [7, 11) is 1.67. The lowest BCUT2D eigenvalue weighted by Gasteiger charge is -2.36. The average molecular weight is 410 g/mol. The van der Waals surface area contributed by atoms with Crippen LogP contribution in [0, 0.1) is 5.41 Å². The van der Waals surface area contributed by atoms with Crippen molar-refractivity contribution in [2.24, 2.45) is 5.41 Å². The van der Waals surface area contributed by atoms with Crippen molar-refractivity contribution >= 4 is 5.91 Å². The third kappa shape index (κ3) is 4.85. The third-order valence-electron chi connectivity index (χ3n) is 6.34. The first-order chi connectivity index (χ1) is 14.7. The summed E-state index contributed by atoms with van der Waals surface area (Å²) in [5.41, 5.74) is 3.05. The second-order valence-electron chi connectivity index (χ2n) is 8.34. The topological polar surface area (TPSA) is 56.8 Å². The molecule has 5 heteroatoms. The van der Waals surface area contributed by atoms with E-state index in [1.165, 1.54) is 5.56 Å². The first-order valence-corrected chi connectivity index (χ1v) is 10.9. The van der Waals surface area contributed by atoms with Gasteiger partial charge in [-0.15, -0.1) is 0 Å². The van der Waals surface area contributed by atoms with Crippen molar-refractivity contribution in [3.05, 3.63) is 54.1 Å². The molecular weight excluding hydrogens is 378 g/mol. The summed E-state index contributed by atoms with van der Waals surface area (Å²) < 4.78 is 16.5. The van der Waals surface area contributed by atoms with Crippen LogP contribution in [0.5, 0.6) is 5.75 Å². The van der Waals surface area contributed by atoms with Crippen molar-refractivity contribution < 1.29 is 19.0 Å². The minimum Gasteiger partial charge on any atom is -0.497 e. The van der Waals surface area contributed by atoms with Crippen LogP contribution in [0.4, 0.5) is 0 Å². The Morgan fingerprint density at radius 3 is 2.60 bits per heavy atom. The predicted molar refractivity (Wildman–Crippen MR) is 117 cm³/mol. The standard InChI is InChI=1S/C25H31NO4/c1-28-22-9-7-20(8-10-22)21-5-2-4-19(16-21)17-25(11-14-29-15-12-25)24(27)26-18-23-6-3-13-30-23/h2,4-5,7-10,16,23H,3,6,11-15,17-18H2,1H3,(H,26,27)/t23-/m1/s1. The summed E-state index contributed by atoms with van der Waals surface area (Å²) in [4.78, 5) is 13.3. The van der Waals surface area contributed by atoms with Crippen LogP contribution in [0.3, 0.4) is 0 Å². The lowest BCUT2D eigenvalue weighted by Crippen LogP contribution is -2.47. The van der Waals surface area contributed by atoms with Gasteiger partial charge in [0.15, 0.2) is 0 Å². The Bertz CT molecular complexity index is 836. The Hall–Kier alpha value is -2.37. The van der Waals surface area contributed by atoms with Gasteiger partial charge in [0.1, 0.15) is 5.75 Å². The molecule has 4 rings (SSSR count). The van der Waals surface area contributed by atoms with Gasteiger partial charge in [-0.25, -0.2) is 0 Å². The maximum atomic E-state index is 13.3. The molecule has 2 aliphatic rings. The van der Waals surface area contributed by atoms with Gasteiger partial charge in [-0.05, 0) is 60.9 Å². The van der Waals surface area contributed by atoms with E-state index in [-0.39, 0.29) is 12.0 Å². The molecule has 0 spiro atoms. The fraction of sp³-hybridized carbons (Fsp3) is 0.480. The third-order valence-corrected chi connectivity index (χ3v) is 6.34. The van der Waals surface area contributed by atoms with E-state index in [2.05, 4.69) is 41.7 Å². The summed E-state index contributed by atoms with van der Waals surface area (Å²) in [5.74, 6) is 0.982. The highest BCUT2D eigenvalue weighted by atomic mass is 16.5. The van der Waals surface area contributed by atoms with Gasteiger partial charge in [-0.3, -0.25) is 4.79 Å². The van der Waals surface area contributed by atoms with Crippen LogP contribution in [0.15, 0.2) is 48.5 Å². The molecule has 30 heavy (non-hydrogen) atoms. The van der Waals surface area contributed by atoms with Gasteiger partial charge in [0, 0.05) is 26.4 Å². The van der Waals surface area contributed by atoms with Crippen molar-refractivity contribution in [3.8, 4) is 16.9 Å². The second-order valence-corrected chi connectivity index (χ2v) is 8.34. The van der Waals surface area contributed by atoms with E-state index in [9.17, 15) is 4.79 Å². The van der Waals surface area contributed by atoms with E-state index in [0.29, 0.717) is 19.8 Å². The zero-order valence-corrected chi connectivity index (χ0v) is 17.7. The molecular formula is C25H31NO4. The fourth-order valence-corrected chi connectivity index (χ4v) is 4.48. The summed E-state index contributed by atoms with van der Waals surface area (Å²) in [6, 6.07) is 16.6. The van der Waals surface area contributed by atoms with E-state index in [0.717, 1.165) is 55.6 Å². The lowest BCUT2D eigenvalue weighted by molar-refractivity contribution is -0.137. The van der Waals surface area contributed by atoms with Gasteiger partial charge >= 0.3 is 0 Å². The molecule has 0 unspecified atom stereocenters. The molecule has 0 aliphatic carbocycles. The number of hydrogen-bond donors (Lipinski definition) is 1. The lowest BCUT2D eigenvalue weighted by atomic mass is 9.74. The molecule has 5 nitrogen and oxygen atoms in total. The highest BCUT2D eigenvalue weighted by molar-refractivity contribution is 5.83. The maximum Gasteiger partial charge on any atom is 0.226 e. The zero-order chi connectivity index (χ0) is 20.8. The van der Waals surface area contributed by atoms with Crippen LogP contribution in [0.2, 0.25) is 0 Å². The van der Waals surface area contributed by atoms with E-state index < -0.39 is 5.41 Å². The van der Waals surface area contributed by atoms with Crippen molar-refractivity contribution in [2.45, 2.75) is 38.2 Å². The molecule has 2 saturated heterocycles. The van der Waals surface area contributed by atoms with Crippen LogP contribution < -0.4 is 10.1 Å². The molecule has 0 radical (unpaired) electrons. The molecule has 2 aliphatic heterocycles. The number of rotatable bonds is 7. The van der Waals surface area contributed by atoms with Crippen LogP contribution in [-0.2, 0) is 20.7 Å². The molecule has 1 N–H and O–H groups in total. The zero-order valence-electron chi connectivity index (χ0n) is 17.7. The van der Waals surface area contributed by atoms with Gasteiger partial charge < -0.3 is 19.5 Å². The highest BCUT2D eigenvalue weighted by Crippen LogP contribution is 2.36. The first kappa shape index (κ1) is 20.9. The number of methoxy groups -OCH3 is 1. The van der Waals surface area contributed by atoms with E-state index in [1.54, 1.807) is 7.11 Å². The molecule has 2 fully saturated rings. The van der Waals surface area contributed by atoms with E-state index >= 15 is 0 Å². The summed E-state index contributed by atoms with van der Waals surface area (Å²) in [5, 5.41) is 3.18. The van der Waals surface area contributed by atoms with Crippen molar-refractivity contribution in [1.29, 1.82) is 0 Å². The highest BCUT2D eigenvalue weighted by Gasteiger charge is 2.40. The Kier molecular flexibility index (Phi) is 6.70. The smallest absolute Gasteiger partial charge is 0.226 e. The van der Waals surface area contributed by atoms with Gasteiger partial charge in [0.2, 0.25) is 5.91 Å². The van der Waals surface area contributed by atoms with Crippen molar-refractivity contribution in [3.63, 3.8) is 0 Å². The SMILES string of the molecule is COc1ccc(-c2cccc(CC3(C(=O)NC[C@H]4CCCO4)CCOCC3)c2)cc1. The number of benzene rings is 2. The Balaban J connectivity index is 1.50. The minimum absolute atomic E-state index is 0.135. The second kappa shape index (κ2) is 9.63. The Morgan fingerprint density at radius 2 is 1.90 bits per heavy atom. The van der Waals surface area contributed by atoms with Crippen LogP contribution in [-0.4, -0.2) is 45.5 Å². The van der Waals surface area contributed by atoms with Gasteiger partial charge in [-0.1, -0.05) is 36.4 Å². The normalized spacial score (nSPS) is 20.6. The molecule has 0 saturated carbocycles. The minimum atomic E-state index is -0.421. The number of hydrogen-bond acceptors (Lipinski definition) is 4. The van der Waals surface area contributed by atoms with Crippen LogP contribution in [0.1, 0.15) is 31.2 Å².